The van der Waals surface area contributed by atoms with Gasteiger partial charge in [0.25, 0.3) is 5.91 Å². The molecule has 0 aromatic heterocycles. The van der Waals surface area contributed by atoms with Crippen molar-refractivity contribution in [3.05, 3.63) is 58.1 Å². The van der Waals surface area contributed by atoms with Crippen molar-refractivity contribution in [2.24, 2.45) is 0 Å². The van der Waals surface area contributed by atoms with Crippen LogP contribution in [-0.2, 0) is 6.54 Å². The third-order valence-electron chi connectivity index (χ3n) is 2.80. The van der Waals surface area contributed by atoms with Gasteiger partial charge in [-0.1, -0.05) is 28.1 Å². The van der Waals surface area contributed by atoms with Crippen molar-refractivity contribution in [3.8, 4) is 11.5 Å². The van der Waals surface area contributed by atoms with Crippen LogP contribution in [0.2, 0.25) is 0 Å². The molecule has 5 heteroatoms. The van der Waals surface area contributed by atoms with E-state index in [0.717, 1.165) is 10.0 Å². The fourth-order valence-electron chi connectivity index (χ4n) is 1.74. The van der Waals surface area contributed by atoms with Gasteiger partial charge in [-0.3, -0.25) is 4.79 Å². The average molecular weight is 336 g/mol. The maximum absolute atomic E-state index is 12.1. The summed E-state index contributed by atoms with van der Waals surface area (Å²) in [5.74, 6) is 0.514. The van der Waals surface area contributed by atoms with E-state index in [4.69, 9.17) is 4.74 Å². The van der Waals surface area contributed by atoms with Crippen molar-refractivity contribution in [2.75, 3.05) is 7.11 Å². The monoisotopic (exact) mass is 335 g/mol. The fourth-order valence-corrected chi connectivity index (χ4v) is 2.08. The van der Waals surface area contributed by atoms with Gasteiger partial charge in [0.2, 0.25) is 0 Å². The van der Waals surface area contributed by atoms with Crippen molar-refractivity contribution in [1.82, 2.24) is 5.32 Å². The lowest BCUT2D eigenvalue weighted by Crippen LogP contribution is -2.23. The Morgan fingerprint density at radius 2 is 1.95 bits per heavy atom. The Hall–Kier alpha value is -2.01. The molecule has 2 aromatic rings. The molecule has 0 aliphatic heterocycles. The van der Waals surface area contributed by atoms with Gasteiger partial charge in [0, 0.05) is 11.0 Å². The molecule has 0 fully saturated rings. The van der Waals surface area contributed by atoms with E-state index in [2.05, 4.69) is 21.2 Å². The standard InChI is InChI=1S/C15H14BrNO3/c1-20-14-8-11(16)4-7-13(14)15(19)17-9-10-2-5-12(18)6-3-10/h2-8,18H,9H2,1H3,(H,17,19). The molecule has 0 atom stereocenters. The summed E-state index contributed by atoms with van der Waals surface area (Å²) >= 11 is 3.33. The molecule has 2 aromatic carbocycles. The van der Waals surface area contributed by atoms with Crippen LogP contribution in [0, 0.1) is 0 Å². The van der Waals surface area contributed by atoms with Gasteiger partial charge >= 0.3 is 0 Å². The highest BCUT2D eigenvalue weighted by Crippen LogP contribution is 2.23. The summed E-state index contributed by atoms with van der Waals surface area (Å²) in [6, 6.07) is 11.9. The number of aromatic hydroxyl groups is 1. The molecule has 2 rings (SSSR count). The van der Waals surface area contributed by atoms with E-state index >= 15 is 0 Å². The first-order valence-corrected chi connectivity index (χ1v) is 6.79. The van der Waals surface area contributed by atoms with Gasteiger partial charge in [-0.05, 0) is 35.9 Å². The molecular weight excluding hydrogens is 322 g/mol. The number of carbonyl (C=O) groups is 1. The molecule has 2 N–H and O–H groups in total. The molecule has 0 bridgehead atoms. The van der Waals surface area contributed by atoms with Crippen LogP contribution in [0.1, 0.15) is 15.9 Å². The van der Waals surface area contributed by atoms with Crippen molar-refractivity contribution in [3.63, 3.8) is 0 Å². The third kappa shape index (κ3) is 3.51. The van der Waals surface area contributed by atoms with E-state index < -0.39 is 0 Å². The largest absolute Gasteiger partial charge is 0.508 e. The first-order chi connectivity index (χ1) is 9.60. The normalized spacial score (nSPS) is 10.1. The predicted octanol–water partition coefficient (Wildman–Crippen LogP) is 3.09. The molecule has 104 valence electrons. The van der Waals surface area contributed by atoms with E-state index in [1.807, 2.05) is 0 Å². The molecule has 20 heavy (non-hydrogen) atoms. The van der Waals surface area contributed by atoms with Gasteiger partial charge in [0.1, 0.15) is 11.5 Å². The van der Waals surface area contributed by atoms with Gasteiger partial charge in [-0.2, -0.15) is 0 Å². The number of nitrogens with one attached hydrogen (secondary N) is 1. The number of carbonyl (C=O) groups excluding carboxylic acids is 1. The minimum atomic E-state index is -0.206. The van der Waals surface area contributed by atoms with Gasteiger partial charge < -0.3 is 15.2 Å². The zero-order chi connectivity index (χ0) is 14.5. The summed E-state index contributed by atoms with van der Waals surface area (Å²) in [4.78, 5) is 12.1. The molecule has 1 amide bonds. The molecule has 0 spiro atoms. The Morgan fingerprint density at radius 1 is 1.25 bits per heavy atom. The Balaban J connectivity index is 2.07. The summed E-state index contributed by atoms with van der Waals surface area (Å²) < 4.78 is 6.04. The number of methoxy groups -OCH3 is 1. The van der Waals surface area contributed by atoms with Crippen molar-refractivity contribution in [2.45, 2.75) is 6.54 Å². The number of benzene rings is 2. The van der Waals surface area contributed by atoms with Gasteiger partial charge in [0.05, 0.1) is 12.7 Å². The van der Waals surface area contributed by atoms with Gasteiger partial charge in [0.15, 0.2) is 0 Å². The molecule has 0 radical (unpaired) electrons. The maximum atomic E-state index is 12.1. The number of amides is 1. The van der Waals surface area contributed by atoms with Crippen molar-refractivity contribution >= 4 is 21.8 Å². The van der Waals surface area contributed by atoms with Gasteiger partial charge in [-0.15, -0.1) is 0 Å². The van der Waals surface area contributed by atoms with E-state index in [1.54, 1.807) is 42.5 Å². The van der Waals surface area contributed by atoms with E-state index in [9.17, 15) is 9.90 Å². The van der Waals surface area contributed by atoms with Crippen LogP contribution in [0.15, 0.2) is 46.9 Å². The number of rotatable bonds is 4. The van der Waals surface area contributed by atoms with Crippen LogP contribution in [0.5, 0.6) is 11.5 Å². The minimum Gasteiger partial charge on any atom is -0.508 e. The van der Waals surface area contributed by atoms with E-state index in [-0.39, 0.29) is 11.7 Å². The quantitative estimate of drug-likeness (QED) is 0.902. The molecule has 0 heterocycles. The van der Waals surface area contributed by atoms with Crippen molar-refractivity contribution < 1.29 is 14.6 Å². The summed E-state index contributed by atoms with van der Waals surface area (Å²) in [7, 11) is 1.53. The molecular formula is C15H14BrNO3. The summed E-state index contributed by atoms with van der Waals surface area (Å²) in [6.45, 7) is 0.387. The predicted molar refractivity (Wildman–Crippen MR) is 80.0 cm³/mol. The first kappa shape index (κ1) is 14.4. The zero-order valence-electron chi connectivity index (χ0n) is 10.9. The highest BCUT2D eigenvalue weighted by Gasteiger charge is 2.12. The number of phenols is 1. The number of halogens is 1. The second kappa shape index (κ2) is 6.43. The molecule has 4 nitrogen and oxygen atoms in total. The third-order valence-corrected chi connectivity index (χ3v) is 3.29. The number of hydrogen-bond donors (Lipinski definition) is 2. The van der Waals surface area contributed by atoms with Crippen molar-refractivity contribution in [1.29, 1.82) is 0 Å². The highest BCUT2D eigenvalue weighted by molar-refractivity contribution is 9.10. The second-order valence-corrected chi connectivity index (χ2v) is 5.11. The summed E-state index contributed by atoms with van der Waals surface area (Å²) in [5.41, 5.74) is 1.39. The topological polar surface area (TPSA) is 58.6 Å². The molecule has 0 aliphatic carbocycles. The lowest BCUT2D eigenvalue weighted by atomic mass is 10.1. The Labute approximate surface area is 125 Å². The van der Waals surface area contributed by atoms with Crippen LogP contribution < -0.4 is 10.1 Å². The maximum Gasteiger partial charge on any atom is 0.255 e. The lowest BCUT2D eigenvalue weighted by molar-refractivity contribution is 0.0948. The molecule has 0 unspecified atom stereocenters. The van der Waals surface area contributed by atoms with Crippen LogP contribution in [0.4, 0.5) is 0 Å². The second-order valence-electron chi connectivity index (χ2n) is 4.19. The Bertz CT molecular complexity index is 611. The van der Waals surface area contributed by atoms with E-state index in [0.29, 0.717) is 17.9 Å². The SMILES string of the molecule is COc1cc(Br)ccc1C(=O)NCc1ccc(O)cc1. The number of hydrogen-bond acceptors (Lipinski definition) is 3. The average Bonchev–Trinajstić information content (AvgIpc) is 2.46. The first-order valence-electron chi connectivity index (χ1n) is 6.00. The van der Waals surface area contributed by atoms with Crippen LogP contribution in [0.25, 0.3) is 0 Å². The lowest BCUT2D eigenvalue weighted by Gasteiger charge is -2.10. The minimum absolute atomic E-state index is 0.203. The van der Waals surface area contributed by atoms with Crippen LogP contribution in [0.3, 0.4) is 0 Å². The smallest absolute Gasteiger partial charge is 0.255 e. The molecule has 0 aliphatic rings. The number of phenolic OH excluding ortho intramolecular Hbond substituents is 1. The van der Waals surface area contributed by atoms with Crippen LogP contribution >= 0.6 is 15.9 Å². The van der Waals surface area contributed by atoms with Crippen LogP contribution in [-0.4, -0.2) is 18.1 Å². The van der Waals surface area contributed by atoms with Gasteiger partial charge in [-0.25, -0.2) is 0 Å². The highest BCUT2D eigenvalue weighted by atomic mass is 79.9. The summed E-state index contributed by atoms with van der Waals surface area (Å²) in [6.07, 6.45) is 0. The molecule has 0 saturated carbocycles. The Morgan fingerprint density at radius 3 is 2.60 bits per heavy atom. The summed E-state index contributed by atoms with van der Waals surface area (Å²) in [5, 5.41) is 12.0. The molecule has 0 saturated heterocycles. The Kier molecular flexibility index (Phi) is 4.63. The van der Waals surface area contributed by atoms with E-state index in [1.165, 1.54) is 7.11 Å². The number of ether oxygens (including phenoxy) is 1. The zero-order valence-corrected chi connectivity index (χ0v) is 12.5. The fraction of sp³-hybridized carbons (Fsp3) is 0.133.